The van der Waals surface area contributed by atoms with Gasteiger partial charge in [-0.25, -0.2) is 9.97 Å². The summed E-state index contributed by atoms with van der Waals surface area (Å²) in [7, 11) is 0. The molecule has 0 spiro atoms. The lowest BCUT2D eigenvalue weighted by molar-refractivity contribution is -0.137. The van der Waals surface area contributed by atoms with Crippen LogP contribution in [0.3, 0.4) is 0 Å². The van der Waals surface area contributed by atoms with Crippen LogP contribution in [0.2, 0.25) is 0 Å². The van der Waals surface area contributed by atoms with Crippen molar-refractivity contribution in [1.82, 2.24) is 9.97 Å². The number of fused-ring (bicyclic) bond motifs is 2. The second kappa shape index (κ2) is 10.2. The number of halogens is 3. The van der Waals surface area contributed by atoms with Crippen LogP contribution in [0.4, 0.5) is 25.0 Å². The summed E-state index contributed by atoms with van der Waals surface area (Å²) in [5, 5.41) is 3.54. The van der Waals surface area contributed by atoms with Crippen LogP contribution in [0.15, 0.2) is 53.2 Å². The van der Waals surface area contributed by atoms with Crippen LogP contribution >= 0.6 is 0 Å². The fourth-order valence-electron chi connectivity index (χ4n) is 6.93. The van der Waals surface area contributed by atoms with Gasteiger partial charge in [0.05, 0.1) is 11.8 Å². The van der Waals surface area contributed by atoms with Crippen LogP contribution in [0.25, 0.3) is 11.3 Å². The Bertz CT molecular complexity index is 1320. The molecule has 1 aromatic carbocycles. The summed E-state index contributed by atoms with van der Waals surface area (Å²) in [6, 6.07) is 10.7. The monoisotopic (exact) mass is 539 g/mol. The molecule has 3 heterocycles. The lowest BCUT2D eigenvalue weighted by Gasteiger charge is -2.39. The van der Waals surface area contributed by atoms with Gasteiger partial charge in [0.1, 0.15) is 5.82 Å². The fourth-order valence-corrected chi connectivity index (χ4v) is 6.93. The van der Waals surface area contributed by atoms with Gasteiger partial charge in [0, 0.05) is 36.0 Å². The molecule has 39 heavy (non-hydrogen) atoms. The Hall–Kier alpha value is -3.56. The number of primary amides is 1. The van der Waals surface area contributed by atoms with Gasteiger partial charge in [0.15, 0.2) is 5.76 Å². The van der Waals surface area contributed by atoms with Crippen molar-refractivity contribution in [1.29, 1.82) is 0 Å². The van der Waals surface area contributed by atoms with Gasteiger partial charge in [-0.05, 0) is 74.1 Å². The maximum Gasteiger partial charge on any atom is 0.417 e. The molecule has 3 aromatic rings. The highest BCUT2D eigenvalue weighted by Gasteiger charge is 2.46. The van der Waals surface area contributed by atoms with Gasteiger partial charge in [-0.2, -0.15) is 13.2 Å². The van der Waals surface area contributed by atoms with Crippen molar-refractivity contribution in [3.63, 3.8) is 0 Å². The number of nitrogens with zero attached hydrogens (tertiary/aromatic N) is 3. The number of pyridine rings is 1. The molecule has 10 heteroatoms. The van der Waals surface area contributed by atoms with Crippen molar-refractivity contribution in [2.24, 2.45) is 23.5 Å². The number of rotatable bonds is 7. The first kappa shape index (κ1) is 25.7. The number of hydrogen-bond donors (Lipinski definition) is 2. The summed E-state index contributed by atoms with van der Waals surface area (Å²) < 4.78 is 45.0. The number of benzene rings is 1. The van der Waals surface area contributed by atoms with Gasteiger partial charge in [-0.15, -0.1) is 0 Å². The smallest absolute Gasteiger partial charge is 0.417 e. The minimum atomic E-state index is -4.38. The molecule has 7 nitrogen and oxygen atoms in total. The first-order chi connectivity index (χ1) is 18.7. The van der Waals surface area contributed by atoms with Crippen molar-refractivity contribution >= 4 is 17.7 Å². The zero-order chi connectivity index (χ0) is 27.1. The minimum absolute atomic E-state index is 0.235. The highest BCUT2D eigenvalue weighted by molar-refractivity contribution is 5.93. The number of oxazole rings is 1. The molecule has 206 valence electrons. The van der Waals surface area contributed by atoms with Gasteiger partial charge in [0.2, 0.25) is 5.91 Å². The van der Waals surface area contributed by atoms with E-state index < -0.39 is 17.6 Å². The molecule has 6 rings (SSSR count). The molecular formula is C29H32F3N5O2. The molecule has 1 saturated heterocycles. The van der Waals surface area contributed by atoms with Crippen molar-refractivity contribution < 1.29 is 22.4 Å². The predicted molar refractivity (Wildman–Crippen MR) is 141 cm³/mol. The predicted octanol–water partition coefficient (Wildman–Crippen LogP) is 6.13. The van der Waals surface area contributed by atoms with Crippen LogP contribution in [0, 0.1) is 17.8 Å². The molecule has 0 radical (unpaired) electrons. The van der Waals surface area contributed by atoms with Crippen LogP contribution < -0.4 is 16.0 Å². The molecule has 1 amide bonds. The zero-order valence-electron chi connectivity index (χ0n) is 21.5. The van der Waals surface area contributed by atoms with Crippen LogP contribution in [-0.4, -0.2) is 34.5 Å². The van der Waals surface area contributed by atoms with Gasteiger partial charge in [0.25, 0.3) is 6.01 Å². The number of alkyl halides is 3. The molecule has 3 aliphatic rings. The van der Waals surface area contributed by atoms with Crippen molar-refractivity contribution in [3.05, 3.63) is 59.9 Å². The van der Waals surface area contributed by atoms with Gasteiger partial charge >= 0.3 is 6.18 Å². The largest absolute Gasteiger partial charge is 0.424 e. The third-order valence-corrected chi connectivity index (χ3v) is 8.74. The first-order valence-electron chi connectivity index (χ1n) is 13.7. The topological polar surface area (TPSA) is 97.3 Å². The van der Waals surface area contributed by atoms with Gasteiger partial charge < -0.3 is 20.4 Å². The summed E-state index contributed by atoms with van der Waals surface area (Å²) >= 11 is 0. The van der Waals surface area contributed by atoms with Crippen LogP contribution in [-0.2, 0) is 6.18 Å². The maximum atomic E-state index is 13.0. The zero-order valence-corrected chi connectivity index (χ0v) is 21.5. The van der Waals surface area contributed by atoms with Crippen LogP contribution in [0.1, 0.15) is 60.9 Å². The van der Waals surface area contributed by atoms with Gasteiger partial charge in [-0.3, -0.25) is 4.79 Å². The Morgan fingerprint density at radius 2 is 1.92 bits per heavy atom. The van der Waals surface area contributed by atoms with Crippen molar-refractivity contribution in [2.75, 3.05) is 16.8 Å². The summed E-state index contributed by atoms with van der Waals surface area (Å²) in [5.74, 6) is 2.22. The number of anilines is 2. The Labute approximate surface area is 225 Å². The Morgan fingerprint density at radius 1 is 1.08 bits per heavy atom. The Morgan fingerprint density at radius 3 is 2.67 bits per heavy atom. The molecule has 2 saturated carbocycles. The van der Waals surface area contributed by atoms with Crippen molar-refractivity contribution in [2.45, 2.75) is 63.2 Å². The van der Waals surface area contributed by atoms with E-state index in [1.54, 1.807) is 24.4 Å². The summed E-state index contributed by atoms with van der Waals surface area (Å²) in [6.45, 7) is 0.863. The molecule has 5 atom stereocenters. The average molecular weight is 540 g/mol. The standard InChI is InChI=1S/C29H32F3N5O2/c30-29(31,32)22-8-9-26(34-14-22)37-16-17-10-21(24(37)11-17)12-18-4-1-2-7-23(18)36-28-35-15-25(39-28)19-5-3-6-20(13-19)27(33)38/h3,5-6,8-9,13-15,17-18,21,23-24H,1-2,4,7,10-12,16H2,(H2,33,38)(H,35,36)/t17-,18+,21-,23-,24-/m1/s1. The summed E-state index contributed by atoms with van der Waals surface area (Å²) in [5.41, 5.74) is 5.86. The first-order valence-corrected chi connectivity index (χ1v) is 13.7. The lowest BCUT2D eigenvalue weighted by atomic mass is 9.77. The molecular weight excluding hydrogens is 507 g/mol. The van der Waals surface area contributed by atoms with Crippen molar-refractivity contribution in [3.8, 4) is 11.3 Å². The van der Waals surface area contributed by atoms with Gasteiger partial charge in [-0.1, -0.05) is 25.0 Å². The minimum Gasteiger partial charge on any atom is -0.424 e. The quantitative estimate of drug-likeness (QED) is 0.375. The number of piperidine rings is 1. The number of aromatic nitrogens is 2. The Kier molecular flexibility index (Phi) is 6.72. The molecule has 2 bridgehead atoms. The molecule has 2 aromatic heterocycles. The number of carbonyl (C=O) groups is 1. The lowest BCUT2D eigenvalue weighted by Crippen LogP contribution is -2.41. The average Bonchev–Trinajstić information content (AvgIpc) is 3.66. The SMILES string of the molecule is NC(=O)c1cccc(-c2cnc(N[C@@H]3CCCC[C@H]3C[C@H]3C[C@@H]4C[C@H]3N(c3ccc(C(F)(F)F)cn3)C4)o2)c1. The molecule has 3 fully saturated rings. The van der Waals surface area contributed by atoms with E-state index in [9.17, 15) is 18.0 Å². The number of nitrogens with one attached hydrogen (secondary N) is 1. The van der Waals surface area contributed by atoms with E-state index in [1.807, 2.05) is 6.07 Å². The third-order valence-electron chi connectivity index (χ3n) is 8.74. The van der Waals surface area contributed by atoms with E-state index in [0.29, 0.717) is 47.0 Å². The molecule has 2 aliphatic carbocycles. The van der Waals surface area contributed by atoms with E-state index in [0.717, 1.165) is 62.9 Å². The summed E-state index contributed by atoms with van der Waals surface area (Å²) in [6.07, 6.45) is 6.00. The molecule has 0 unspecified atom stereocenters. The fraction of sp³-hybridized carbons (Fsp3) is 0.483. The number of hydrogen-bond acceptors (Lipinski definition) is 6. The Balaban J connectivity index is 1.12. The van der Waals surface area contributed by atoms with E-state index >= 15 is 0 Å². The normalized spacial score (nSPS) is 26.6. The maximum absolute atomic E-state index is 13.0. The van der Waals surface area contributed by atoms with E-state index in [4.69, 9.17) is 10.2 Å². The second-order valence-electron chi connectivity index (χ2n) is 11.2. The van der Waals surface area contributed by atoms with E-state index in [1.165, 1.54) is 12.5 Å². The summed E-state index contributed by atoms with van der Waals surface area (Å²) in [4.78, 5) is 22.4. The molecule has 1 aliphatic heterocycles. The van der Waals surface area contributed by atoms with Crippen LogP contribution in [0.5, 0.6) is 0 Å². The molecule has 3 N–H and O–H groups in total. The second-order valence-corrected chi connectivity index (χ2v) is 11.2. The number of amides is 1. The number of nitrogens with two attached hydrogens (primary N) is 1. The van der Waals surface area contributed by atoms with E-state index in [2.05, 4.69) is 20.2 Å². The third kappa shape index (κ3) is 5.33. The van der Waals surface area contributed by atoms with E-state index in [-0.39, 0.29) is 6.04 Å². The highest BCUT2D eigenvalue weighted by atomic mass is 19.4. The highest BCUT2D eigenvalue weighted by Crippen LogP contribution is 2.47. The number of carbonyl (C=O) groups excluding carboxylic acids is 1.